The average molecular weight is 251 g/mol. The van der Waals surface area contributed by atoms with Crippen molar-refractivity contribution in [3.63, 3.8) is 0 Å². The molecule has 1 aliphatic rings. The molecule has 16 heavy (non-hydrogen) atoms. The summed E-state index contributed by atoms with van der Waals surface area (Å²) in [5.74, 6) is 0.263. The third-order valence-corrected chi connectivity index (χ3v) is 2.63. The van der Waals surface area contributed by atoms with Crippen LogP contribution in [-0.2, 0) is 9.53 Å². The normalized spacial score (nSPS) is 21.1. The molecule has 5 heteroatoms. The van der Waals surface area contributed by atoms with Gasteiger partial charge < -0.3 is 15.4 Å². The number of hydrogen-bond acceptors (Lipinski definition) is 3. The molecule has 0 aliphatic carbocycles. The smallest absolute Gasteiger partial charge is 0.224 e. The largest absolute Gasteiger partial charge is 0.382 e. The van der Waals surface area contributed by atoms with Gasteiger partial charge in [-0.15, -0.1) is 12.4 Å². The zero-order valence-electron chi connectivity index (χ0n) is 10.3. The number of rotatable bonds is 4. The summed E-state index contributed by atoms with van der Waals surface area (Å²) < 4.78 is 5.06. The van der Waals surface area contributed by atoms with Crippen molar-refractivity contribution in [1.29, 1.82) is 0 Å². The van der Waals surface area contributed by atoms with E-state index in [1.807, 2.05) is 13.8 Å². The van der Waals surface area contributed by atoms with Crippen LogP contribution in [0.2, 0.25) is 0 Å². The first-order valence-electron chi connectivity index (χ1n) is 5.57. The van der Waals surface area contributed by atoms with Crippen molar-refractivity contribution in [2.75, 3.05) is 26.8 Å². The molecular formula is C11H23ClN2O2. The highest BCUT2D eigenvalue weighted by Gasteiger charge is 2.26. The molecule has 2 N–H and O–H groups in total. The lowest BCUT2D eigenvalue weighted by molar-refractivity contribution is -0.127. The predicted octanol–water partition coefficient (Wildman–Crippen LogP) is 0.949. The van der Waals surface area contributed by atoms with Gasteiger partial charge in [-0.2, -0.15) is 0 Å². The Labute approximate surface area is 104 Å². The quantitative estimate of drug-likeness (QED) is 0.781. The maximum absolute atomic E-state index is 11.9. The van der Waals surface area contributed by atoms with Crippen molar-refractivity contribution in [3.8, 4) is 0 Å². The summed E-state index contributed by atoms with van der Waals surface area (Å²) in [6.45, 7) is 6.33. The van der Waals surface area contributed by atoms with Crippen molar-refractivity contribution in [2.45, 2.75) is 32.2 Å². The third kappa shape index (κ3) is 5.14. The first-order chi connectivity index (χ1) is 7.05. The first-order valence-corrected chi connectivity index (χ1v) is 5.57. The Kier molecular flexibility index (Phi) is 6.95. The van der Waals surface area contributed by atoms with Gasteiger partial charge in [-0.3, -0.25) is 4.79 Å². The molecule has 1 fully saturated rings. The third-order valence-electron chi connectivity index (χ3n) is 2.63. The van der Waals surface area contributed by atoms with Crippen LogP contribution < -0.4 is 10.6 Å². The molecule has 0 spiro atoms. The van der Waals surface area contributed by atoms with E-state index in [0.29, 0.717) is 6.61 Å². The van der Waals surface area contributed by atoms with Crippen molar-refractivity contribution in [1.82, 2.24) is 10.6 Å². The van der Waals surface area contributed by atoms with E-state index in [2.05, 4.69) is 10.6 Å². The molecular weight excluding hydrogens is 228 g/mol. The van der Waals surface area contributed by atoms with Crippen molar-refractivity contribution < 1.29 is 9.53 Å². The zero-order chi connectivity index (χ0) is 11.3. The monoisotopic (exact) mass is 250 g/mol. The van der Waals surface area contributed by atoms with Crippen molar-refractivity contribution in [2.24, 2.45) is 5.92 Å². The summed E-state index contributed by atoms with van der Waals surface area (Å²) in [5, 5.41) is 6.26. The fourth-order valence-corrected chi connectivity index (χ4v) is 1.91. The highest BCUT2D eigenvalue weighted by molar-refractivity contribution is 5.85. The van der Waals surface area contributed by atoms with Crippen LogP contribution in [0.25, 0.3) is 0 Å². The van der Waals surface area contributed by atoms with E-state index in [1.54, 1.807) is 7.11 Å². The molecule has 0 aromatic rings. The van der Waals surface area contributed by atoms with Gasteiger partial charge in [0.1, 0.15) is 0 Å². The number of methoxy groups -OCH3 is 1. The van der Waals surface area contributed by atoms with Gasteiger partial charge in [-0.1, -0.05) is 0 Å². The number of hydrogen-bond donors (Lipinski definition) is 2. The number of amides is 1. The lowest BCUT2D eigenvalue weighted by atomic mass is 9.97. The molecule has 1 amide bonds. The molecule has 0 radical (unpaired) electrons. The Morgan fingerprint density at radius 2 is 2.25 bits per heavy atom. The fraction of sp³-hybridized carbons (Fsp3) is 0.909. The van der Waals surface area contributed by atoms with E-state index in [-0.39, 0.29) is 29.8 Å². The molecule has 4 nitrogen and oxygen atoms in total. The van der Waals surface area contributed by atoms with E-state index in [9.17, 15) is 4.79 Å². The Bertz CT molecular complexity index is 216. The second-order valence-corrected chi connectivity index (χ2v) is 4.85. The highest BCUT2D eigenvalue weighted by atomic mass is 35.5. The predicted molar refractivity (Wildman–Crippen MR) is 66.9 cm³/mol. The molecule has 0 saturated carbocycles. The summed E-state index contributed by atoms with van der Waals surface area (Å²) in [4.78, 5) is 11.9. The fourth-order valence-electron chi connectivity index (χ4n) is 1.91. The van der Waals surface area contributed by atoms with Crippen LogP contribution in [0.4, 0.5) is 0 Å². The SMILES string of the molecule is COCC(C)(C)NC(=O)[C@@H]1CCCNC1.Cl. The van der Waals surface area contributed by atoms with E-state index in [1.165, 1.54) is 0 Å². The summed E-state index contributed by atoms with van der Waals surface area (Å²) in [5.41, 5.74) is -0.275. The van der Waals surface area contributed by atoms with Gasteiger partial charge in [-0.05, 0) is 33.2 Å². The van der Waals surface area contributed by atoms with E-state index in [0.717, 1.165) is 25.9 Å². The lowest BCUT2D eigenvalue weighted by Crippen LogP contribution is -2.51. The standard InChI is InChI=1S/C11H22N2O2.ClH/c1-11(2,8-15-3)13-10(14)9-5-4-6-12-7-9;/h9,12H,4-8H2,1-3H3,(H,13,14);1H/t9-;/m1./s1. The summed E-state index contributed by atoms with van der Waals surface area (Å²) in [7, 11) is 1.65. The van der Waals surface area contributed by atoms with Gasteiger partial charge in [-0.25, -0.2) is 0 Å². The first kappa shape index (κ1) is 15.7. The molecule has 1 atom stereocenters. The van der Waals surface area contributed by atoms with Gasteiger partial charge >= 0.3 is 0 Å². The van der Waals surface area contributed by atoms with Gasteiger partial charge in [0.25, 0.3) is 0 Å². The summed E-state index contributed by atoms with van der Waals surface area (Å²) >= 11 is 0. The average Bonchev–Trinajstić information content (AvgIpc) is 2.18. The molecule has 0 unspecified atom stereocenters. The maximum atomic E-state index is 11.9. The van der Waals surface area contributed by atoms with Crippen LogP contribution in [-0.4, -0.2) is 38.3 Å². The molecule has 0 bridgehead atoms. The Balaban J connectivity index is 0.00000225. The molecule has 1 saturated heterocycles. The van der Waals surface area contributed by atoms with Crippen LogP contribution in [0.15, 0.2) is 0 Å². The van der Waals surface area contributed by atoms with Gasteiger partial charge in [0.05, 0.1) is 18.1 Å². The highest BCUT2D eigenvalue weighted by Crippen LogP contribution is 2.12. The Hall–Kier alpha value is -0.320. The van der Waals surface area contributed by atoms with Gasteiger partial charge in [0.2, 0.25) is 5.91 Å². The molecule has 1 rings (SSSR count). The van der Waals surface area contributed by atoms with E-state index >= 15 is 0 Å². The van der Waals surface area contributed by atoms with E-state index < -0.39 is 0 Å². The molecule has 0 aromatic heterocycles. The molecule has 1 aliphatic heterocycles. The van der Waals surface area contributed by atoms with Crippen LogP contribution >= 0.6 is 12.4 Å². The van der Waals surface area contributed by atoms with Crippen molar-refractivity contribution in [3.05, 3.63) is 0 Å². The van der Waals surface area contributed by atoms with Gasteiger partial charge in [0.15, 0.2) is 0 Å². The van der Waals surface area contributed by atoms with Crippen molar-refractivity contribution >= 4 is 18.3 Å². The second kappa shape index (κ2) is 7.09. The second-order valence-electron chi connectivity index (χ2n) is 4.85. The van der Waals surface area contributed by atoms with Crippen LogP contribution in [0.5, 0.6) is 0 Å². The minimum Gasteiger partial charge on any atom is -0.382 e. The zero-order valence-corrected chi connectivity index (χ0v) is 11.2. The minimum atomic E-state index is -0.275. The number of carbonyl (C=O) groups excluding carboxylic acids is 1. The van der Waals surface area contributed by atoms with Crippen LogP contribution in [0, 0.1) is 5.92 Å². The minimum absolute atomic E-state index is 0. The maximum Gasteiger partial charge on any atom is 0.224 e. The van der Waals surface area contributed by atoms with Crippen LogP contribution in [0.3, 0.4) is 0 Å². The Morgan fingerprint density at radius 3 is 2.75 bits per heavy atom. The molecule has 1 heterocycles. The number of halogens is 1. The molecule has 0 aromatic carbocycles. The summed E-state index contributed by atoms with van der Waals surface area (Å²) in [6.07, 6.45) is 2.07. The lowest BCUT2D eigenvalue weighted by Gasteiger charge is -2.29. The number of carbonyl (C=O) groups is 1. The van der Waals surface area contributed by atoms with Crippen LogP contribution in [0.1, 0.15) is 26.7 Å². The number of ether oxygens (including phenoxy) is 1. The Morgan fingerprint density at radius 1 is 1.56 bits per heavy atom. The van der Waals surface area contributed by atoms with E-state index in [4.69, 9.17) is 4.74 Å². The number of piperidine rings is 1. The topological polar surface area (TPSA) is 50.4 Å². The number of nitrogens with one attached hydrogen (secondary N) is 2. The molecule has 96 valence electrons. The summed E-state index contributed by atoms with van der Waals surface area (Å²) in [6, 6.07) is 0. The van der Waals surface area contributed by atoms with Gasteiger partial charge in [0, 0.05) is 13.7 Å².